The topological polar surface area (TPSA) is 106 Å². The Labute approximate surface area is 195 Å². The summed E-state index contributed by atoms with van der Waals surface area (Å²) < 4.78 is 10.3. The van der Waals surface area contributed by atoms with Gasteiger partial charge in [-0.2, -0.15) is 0 Å². The summed E-state index contributed by atoms with van der Waals surface area (Å²) >= 11 is 0. The Bertz CT molecular complexity index is 664. The largest absolute Gasteiger partial charge is 0.461 e. The molecule has 9 heteroatoms. The van der Waals surface area contributed by atoms with Gasteiger partial charge in [-0.15, -0.1) is 24.0 Å². The van der Waals surface area contributed by atoms with Gasteiger partial charge in [0, 0.05) is 32.1 Å². The number of nitrogens with one attached hydrogen (secondary N) is 1. The molecule has 30 heavy (non-hydrogen) atoms. The van der Waals surface area contributed by atoms with Crippen molar-refractivity contribution in [3.8, 4) is 0 Å². The number of carbonyl (C=O) groups excluding carboxylic acids is 2. The summed E-state index contributed by atoms with van der Waals surface area (Å²) in [5, 5.41) is 3.21. The Kier molecular flexibility index (Phi) is 12.9. The summed E-state index contributed by atoms with van der Waals surface area (Å²) in [6, 6.07) is 9.83. The van der Waals surface area contributed by atoms with Crippen LogP contribution in [0.2, 0.25) is 0 Å². The molecule has 0 radical (unpaired) electrons. The summed E-state index contributed by atoms with van der Waals surface area (Å²) in [5.41, 5.74) is 6.93. The number of halogens is 1. The van der Waals surface area contributed by atoms with E-state index < -0.39 is 0 Å². The molecule has 0 saturated carbocycles. The Morgan fingerprint density at radius 3 is 2.53 bits per heavy atom. The second-order valence-corrected chi connectivity index (χ2v) is 6.97. The Hall–Kier alpha value is -2.04. The molecule has 1 fully saturated rings. The van der Waals surface area contributed by atoms with Crippen molar-refractivity contribution in [3.05, 3.63) is 35.9 Å². The van der Waals surface area contributed by atoms with Crippen LogP contribution in [0.1, 0.15) is 44.6 Å². The van der Waals surface area contributed by atoms with Gasteiger partial charge in [-0.05, 0) is 38.2 Å². The molecule has 1 amide bonds. The van der Waals surface area contributed by atoms with Gasteiger partial charge in [0.15, 0.2) is 5.96 Å². The molecule has 1 saturated heterocycles. The summed E-state index contributed by atoms with van der Waals surface area (Å²) in [4.78, 5) is 29.5. The molecule has 1 aromatic rings. The molecular weight excluding hydrogens is 499 g/mol. The zero-order valence-electron chi connectivity index (χ0n) is 17.5. The number of esters is 1. The maximum atomic E-state index is 11.8. The third-order valence-corrected chi connectivity index (χ3v) is 4.69. The lowest BCUT2D eigenvalue weighted by molar-refractivity contribution is -0.145. The van der Waals surface area contributed by atoms with Gasteiger partial charge in [0.2, 0.25) is 0 Å². The third kappa shape index (κ3) is 10.1. The molecule has 0 aliphatic carbocycles. The van der Waals surface area contributed by atoms with Gasteiger partial charge >= 0.3 is 12.1 Å². The molecule has 2 rings (SSSR count). The normalized spacial score (nSPS) is 14.6. The molecule has 168 valence electrons. The van der Waals surface area contributed by atoms with Gasteiger partial charge in [-0.25, -0.2) is 4.79 Å². The maximum absolute atomic E-state index is 11.8. The van der Waals surface area contributed by atoms with Crippen molar-refractivity contribution in [2.45, 2.75) is 51.7 Å². The molecule has 0 atom stereocenters. The lowest BCUT2D eigenvalue weighted by Gasteiger charge is -2.31. The number of unbranched alkanes of at least 4 members (excludes halogenated alkanes) is 1. The Balaban J connectivity index is 0.00000450. The fraction of sp³-hybridized carbons (Fsp3) is 0.571. The number of aliphatic imine (C=N–C) groups is 1. The summed E-state index contributed by atoms with van der Waals surface area (Å²) in [7, 11) is 0. The number of rotatable bonds is 9. The minimum absolute atomic E-state index is 0. The van der Waals surface area contributed by atoms with Gasteiger partial charge in [-0.1, -0.05) is 30.3 Å². The van der Waals surface area contributed by atoms with Crippen LogP contribution in [-0.4, -0.2) is 55.2 Å². The number of hydrogen-bond acceptors (Lipinski definition) is 5. The summed E-state index contributed by atoms with van der Waals surface area (Å²) in [6.07, 6.45) is 3.22. The number of likely N-dealkylation sites (tertiary alicyclic amines) is 1. The molecule has 1 aliphatic heterocycles. The number of guanidine groups is 1. The van der Waals surface area contributed by atoms with Crippen molar-refractivity contribution < 1.29 is 19.1 Å². The van der Waals surface area contributed by atoms with Crippen LogP contribution < -0.4 is 11.1 Å². The Morgan fingerprint density at radius 1 is 1.17 bits per heavy atom. The molecular formula is C21H33IN4O4. The van der Waals surface area contributed by atoms with E-state index in [0.29, 0.717) is 51.6 Å². The van der Waals surface area contributed by atoms with Crippen molar-refractivity contribution in [1.82, 2.24) is 10.2 Å². The first-order valence-electron chi connectivity index (χ1n) is 10.3. The van der Waals surface area contributed by atoms with E-state index in [-0.39, 0.29) is 42.1 Å². The zero-order chi connectivity index (χ0) is 20.9. The molecule has 1 aromatic carbocycles. The fourth-order valence-corrected chi connectivity index (χ4v) is 3.07. The molecule has 0 bridgehead atoms. The minimum Gasteiger partial charge on any atom is -0.461 e. The van der Waals surface area contributed by atoms with Crippen LogP contribution in [0, 0.1) is 0 Å². The van der Waals surface area contributed by atoms with E-state index in [4.69, 9.17) is 15.2 Å². The highest BCUT2D eigenvalue weighted by atomic mass is 127. The molecule has 0 spiro atoms. The quantitative estimate of drug-likeness (QED) is 0.167. The first-order valence-corrected chi connectivity index (χ1v) is 10.3. The van der Waals surface area contributed by atoms with E-state index in [0.717, 1.165) is 24.8 Å². The number of benzene rings is 1. The van der Waals surface area contributed by atoms with Crippen molar-refractivity contribution in [3.63, 3.8) is 0 Å². The number of amides is 1. The number of ether oxygens (including phenoxy) is 2. The van der Waals surface area contributed by atoms with Crippen LogP contribution in [0.5, 0.6) is 0 Å². The number of nitrogens with zero attached hydrogens (tertiary/aromatic N) is 2. The van der Waals surface area contributed by atoms with Crippen LogP contribution in [0.3, 0.4) is 0 Å². The van der Waals surface area contributed by atoms with Crippen molar-refractivity contribution in [2.24, 2.45) is 10.7 Å². The first-order chi connectivity index (χ1) is 14.1. The molecule has 1 aliphatic rings. The smallest absolute Gasteiger partial charge is 0.409 e. The van der Waals surface area contributed by atoms with E-state index in [1.54, 1.807) is 11.8 Å². The van der Waals surface area contributed by atoms with Crippen molar-refractivity contribution in [1.29, 1.82) is 0 Å². The van der Waals surface area contributed by atoms with Gasteiger partial charge in [0.05, 0.1) is 6.61 Å². The third-order valence-electron chi connectivity index (χ3n) is 4.69. The number of hydrogen-bond donors (Lipinski definition) is 2. The van der Waals surface area contributed by atoms with Crippen LogP contribution in [-0.2, 0) is 20.9 Å². The van der Waals surface area contributed by atoms with Gasteiger partial charge < -0.3 is 25.4 Å². The van der Waals surface area contributed by atoms with Crippen LogP contribution in [0.4, 0.5) is 4.79 Å². The maximum Gasteiger partial charge on any atom is 0.409 e. The minimum atomic E-state index is -0.255. The van der Waals surface area contributed by atoms with Crippen molar-refractivity contribution >= 4 is 42.0 Å². The van der Waals surface area contributed by atoms with Gasteiger partial charge in [0.25, 0.3) is 0 Å². The Morgan fingerprint density at radius 2 is 1.87 bits per heavy atom. The van der Waals surface area contributed by atoms with Crippen LogP contribution in [0.25, 0.3) is 0 Å². The molecule has 0 aromatic heterocycles. The highest BCUT2D eigenvalue weighted by molar-refractivity contribution is 14.0. The van der Waals surface area contributed by atoms with E-state index in [2.05, 4.69) is 10.3 Å². The summed E-state index contributed by atoms with van der Waals surface area (Å²) in [5.74, 6) is 0.212. The zero-order valence-corrected chi connectivity index (χ0v) is 19.9. The van der Waals surface area contributed by atoms with Gasteiger partial charge in [-0.3, -0.25) is 9.79 Å². The average Bonchev–Trinajstić information content (AvgIpc) is 2.73. The van der Waals surface area contributed by atoms with E-state index in [1.807, 2.05) is 30.3 Å². The van der Waals surface area contributed by atoms with Gasteiger partial charge in [0.1, 0.15) is 6.61 Å². The van der Waals surface area contributed by atoms with E-state index >= 15 is 0 Å². The summed E-state index contributed by atoms with van der Waals surface area (Å²) in [6.45, 7) is 4.36. The highest BCUT2D eigenvalue weighted by Gasteiger charge is 2.23. The average molecular weight is 532 g/mol. The number of nitrogens with two attached hydrogens (primary N) is 1. The standard InChI is InChI=1S/C21H32N4O4.HI/c1-2-28-21(27)25-14-11-18(12-15-25)24-20(22)23-13-7-6-10-19(26)29-16-17-8-4-3-5-9-17;/h3-5,8-9,18H,2,6-7,10-16H2,1H3,(H3,22,23,24);1H. The van der Waals surface area contributed by atoms with E-state index in [1.165, 1.54) is 0 Å². The van der Waals surface area contributed by atoms with Crippen molar-refractivity contribution in [2.75, 3.05) is 26.2 Å². The molecule has 8 nitrogen and oxygen atoms in total. The SMILES string of the molecule is CCOC(=O)N1CCC(NC(N)=NCCCCC(=O)OCc2ccccc2)CC1.I. The number of piperidine rings is 1. The second kappa shape index (κ2) is 14.9. The molecule has 1 heterocycles. The monoisotopic (exact) mass is 532 g/mol. The number of carbonyl (C=O) groups is 2. The van der Waals surface area contributed by atoms with E-state index in [9.17, 15) is 9.59 Å². The first kappa shape index (κ1) is 26.0. The lowest BCUT2D eigenvalue weighted by Crippen LogP contribution is -2.48. The van der Waals surface area contributed by atoms with Crippen LogP contribution >= 0.6 is 24.0 Å². The fourth-order valence-electron chi connectivity index (χ4n) is 3.07. The molecule has 3 N–H and O–H groups in total. The molecule has 0 unspecified atom stereocenters. The lowest BCUT2D eigenvalue weighted by atomic mass is 10.1. The van der Waals surface area contributed by atoms with Crippen LogP contribution in [0.15, 0.2) is 35.3 Å². The predicted molar refractivity (Wildman–Crippen MR) is 127 cm³/mol. The predicted octanol–water partition coefficient (Wildman–Crippen LogP) is 3.04. The second-order valence-electron chi connectivity index (χ2n) is 6.97. The highest BCUT2D eigenvalue weighted by Crippen LogP contribution is 2.11.